The van der Waals surface area contributed by atoms with Crippen LogP contribution in [0.15, 0.2) is 66.7 Å². The summed E-state index contributed by atoms with van der Waals surface area (Å²) in [5.74, 6) is -0.480. The number of carbonyl (C=O) groups excluding carboxylic acids is 1. The summed E-state index contributed by atoms with van der Waals surface area (Å²) in [6.45, 7) is 0. The number of benzene rings is 3. The van der Waals surface area contributed by atoms with Gasteiger partial charge >= 0.3 is 0 Å². The first-order valence-electron chi connectivity index (χ1n) is 6.66. The first-order chi connectivity index (χ1) is 10.2. The number of fused-ring (bicyclic) bond motifs is 1. The van der Waals surface area contributed by atoms with Gasteiger partial charge in [-0.05, 0) is 5.39 Å². The van der Waals surface area contributed by atoms with Crippen LogP contribution in [-0.2, 0) is 0 Å². The van der Waals surface area contributed by atoms with Gasteiger partial charge in [0.25, 0.3) is 0 Å². The summed E-state index contributed by atoms with van der Waals surface area (Å²) in [5.41, 5.74) is 0.639. The Bertz CT molecular complexity index is 794. The number of ketones is 1. The molecule has 0 heterocycles. The van der Waals surface area contributed by atoms with E-state index in [1.165, 1.54) is 0 Å². The highest BCUT2D eigenvalue weighted by atomic mass is 16.3. The van der Waals surface area contributed by atoms with Crippen molar-refractivity contribution in [2.45, 2.75) is 6.10 Å². The summed E-state index contributed by atoms with van der Waals surface area (Å²) < 4.78 is 0. The fourth-order valence-electron chi connectivity index (χ4n) is 2.39. The van der Waals surface area contributed by atoms with Crippen LogP contribution in [0.1, 0.15) is 22.0 Å². The highest BCUT2D eigenvalue weighted by Gasteiger charge is 2.22. The van der Waals surface area contributed by atoms with Gasteiger partial charge in [-0.3, -0.25) is 4.79 Å². The van der Waals surface area contributed by atoms with Crippen molar-refractivity contribution in [3.8, 4) is 5.75 Å². The molecule has 0 unspecified atom stereocenters. The number of aliphatic hydroxyl groups is 1. The molecule has 0 radical (unpaired) electrons. The van der Waals surface area contributed by atoms with Crippen molar-refractivity contribution in [1.82, 2.24) is 0 Å². The van der Waals surface area contributed by atoms with E-state index < -0.39 is 11.9 Å². The fraction of sp³-hybridized carbons (Fsp3) is 0.0556. The van der Waals surface area contributed by atoms with Crippen LogP contribution in [0, 0.1) is 0 Å². The molecule has 0 saturated heterocycles. The van der Waals surface area contributed by atoms with Gasteiger partial charge in [-0.15, -0.1) is 0 Å². The van der Waals surface area contributed by atoms with E-state index in [-0.39, 0.29) is 11.3 Å². The summed E-state index contributed by atoms with van der Waals surface area (Å²) in [5, 5.41) is 22.1. The largest absolute Gasteiger partial charge is 0.507 e. The first-order valence-corrected chi connectivity index (χ1v) is 6.66. The zero-order valence-corrected chi connectivity index (χ0v) is 11.2. The van der Waals surface area contributed by atoms with Crippen LogP contribution < -0.4 is 0 Å². The predicted molar refractivity (Wildman–Crippen MR) is 81.3 cm³/mol. The number of hydrogen-bond donors (Lipinski definition) is 2. The van der Waals surface area contributed by atoms with Crippen molar-refractivity contribution in [1.29, 1.82) is 0 Å². The van der Waals surface area contributed by atoms with E-state index in [9.17, 15) is 15.0 Å². The van der Waals surface area contributed by atoms with Gasteiger partial charge in [-0.1, -0.05) is 66.7 Å². The molecule has 0 aliphatic carbocycles. The predicted octanol–water partition coefficient (Wildman–Crippen LogP) is 3.46. The average molecular weight is 278 g/mol. The lowest BCUT2D eigenvalue weighted by Gasteiger charge is -2.13. The molecule has 2 N–H and O–H groups in total. The minimum atomic E-state index is -1.38. The minimum absolute atomic E-state index is 0.0510. The number of phenols is 1. The van der Waals surface area contributed by atoms with Crippen LogP contribution in [0.25, 0.3) is 10.8 Å². The normalized spacial score (nSPS) is 12.2. The third-order valence-electron chi connectivity index (χ3n) is 3.53. The maximum Gasteiger partial charge on any atom is 0.195 e. The van der Waals surface area contributed by atoms with E-state index in [1.807, 2.05) is 12.1 Å². The molecule has 1 atom stereocenters. The molecule has 0 amide bonds. The Kier molecular flexibility index (Phi) is 3.42. The molecule has 0 saturated carbocycles. The monoisotopic (exact) mass is 278 g/mol. The van der Waals surface area contributed by atoms with Gasteiger partial charge in [-0.2, -0.15) is 0 Å². The molecule has 3 aromatic rings. The number of hydrogen-bond acceptors (Lipinski definition) is 3. The van der Waals surface area contributed by atoms with E-state index in [0.29, 0.717) is 10.9 Å². The number of carbonyl (C=O) groups is 1. The van der Waals surface area contributed by atoms with Gasteiger partial charge in [0.2, 0.25) is 0 Å². The summed E-state index contributed by atoms with van der Waals surface area (Å²) in [6.07, 6.45) is -1.38. The van der Waals surface area contributed by atoms with Crippen LogP contribution in [0.5, 0.6) is 5.75 Å². The summed E-state index contributed by atoms with van der Waals surface area (Å²) >= 11 is 0. The molecule has 0 bridgehead atoms. The average Bonchev–Trinajstić information content (AvgIpc) is 2.55. The number of aliphatic hydroxyl groups excluding tert-OH is 1. The maximum absolute atomic E-state index is 12.3. The Balaban J connectivity index is 2.04. The van der Waals surface area contributed by atoms with Crippen molar-refractivity contribution in [3.63, 3.8) is 0 Å². The molecule has 3 nitrogen and oxygen atoms in total. The van der Waals surface area contributed by atoms with Crippen molar-refractivity contribution in [2.24, 2.45) is 0 Å². The molecule has 3 rings (SSSR count). The molecule has 104 valence electrons. The molecule has 0 aromatic heterocycles. The number of phenolic OH excluding ortho intramolecular Hbond substituents is 1. The van der Waals surface area contributed by atoms with Crippen LogP contribution in [0.4, 0.5) is 0 Å². The van der Waals surface area contributed by atoms with Gasteiger partial charge < -0.3 is 10.2 Å². The molecule has 21 heavy (non-hydrogen) atoms. The highest BCUT2D eigenvalue weighted by molar-refractivity contribution is 6.01. The molecular formula is C18H14O3. The van der Waals surface area contributed by atoms with Crippen LogP contribution >= 0.6 is 0 Å². The van der Waals surface area contributed by atoms with Gasteiger partial charge in [0.1, 0.15) is 11.9 Å². The Hall–Kier alpha value is -2.65. The van der Waals surface area contributed by atoms with Gasteiger partial charge in [0, 0.05) is 16.5 Å². The molecule has 0 aliphatic rings. The Morgan fingerprint density at radius 2 is 1.52 bits per heavy atom. The Morgan fingerprint density at radius 3 is 2.29 bits per heavy atom. The number of aromatic hydroxyl groups is 1. The minimum Gasteiger partial charge on any atom is -0.507 e. The summed E-state index contributed by atoms with van der Waals surface area (Å²) in [7, 11) is 0. The van der Waals surface area contributed by atoms with Gasteiger partial charge in [-0.25, -0.2) is 0 Å². The zero-order chi connectivity index (χ0) is 14.8. The Labute approximate surface area is 122 Å². The quantitative estimate of drug-likeness (QED) is 0.721. The molecule has 0 aliphatic heterocycles. The number of rotatable bonds is 3. The lowest BCUT2D eigenvalue weighted by molar-refractivity contribution is 0.0743. The SMILES string of the molecule is O=C(c1ccccc1)[C@@H](O)c1ccc2ccccc2c1O. The van der Waals surface area contributed by atoms with Crippen molar-refractivity contribution >= 4 is 16.6 Å². The summed E-state index contributed by atoms with van der Waals surface area (Å²) in [6, 6.07) is 19.2. The van der Waals surface area contributed by atoms with Crippen LogP contribution in [0.3, 0.4) is 0 Å². The zero-order valence-electron chi connectivity index (χ0n) is 11.2. The smallest absolute Gasteiger partial charge is 0.195 e. The summed E-state index contributed by atoms with van der Waals surface area (Å²) in [4.78, 5) is 12.3. The van der Waals surface area contributed by atoms with Gasteiger partial charge in [0.15, 0.2) is 5.78 Å². The topological polar surface area (TPSA) is 57.5 Å². The molecule has 3 heteroatoms. The fourth-order valence-corrected chi connectivity index (χ4v) is 2.39. The molecule has 0 fully saturated rings. The second-order valence-electron chi connectivity index (χ2n) is 4.86. The maximum atomic E-state index is 12.3. The Morgan fingerprint density at radius 1 is 0.857 bits per heavy atom. The van der Waals surface area contributed by atoms with E-state index >= 15 is 0 Å². The second-order valence-corrected chi connectivity index (χ2v) is 4.86. The van der Waals surface area contributed by atoms with E-state index in [0.717, 1.165) is 5.39 Å². The second kappa shape index (κ2) is 5.38. The molecular weight excluding hydrogens is 264 g/mol. The lowest BCUT2D eigenvalue weighted by atomic mass is 9.96. The standard InChI is InChI=1S/C18H14O3/c19-16(13-7-2-1-3-8-13)18(21)15-11-10-12-6-4-5-9-14(12)17(15)20/h1-11,18,20-21H/t18-/m0/s1. The molecule has 3 aromatic carbocycles. The van der Waals surface area contributed by atoms with Crippen LogP contribution in [0.2, 0.25) is 0 Å². The first kappa shape index (κ1) is 13.3. The van der Waals surface area contributed by atoms with Gasteiger partial charge in [0.05, 0.1) is 0 Å². The van der Waals surface area contributed by atoms with Crippen molar-refractivity contribution in [2.75, 3.05) is 0 Å². The van der Waals surface area contributed by atoms with E-state index in [1.54, 1.807) is 54.6 Å². The van der Waals surface area contributed by atoms with E-state index in [4.69, 9.17) is 0 Å². The third kappa shape index (κ3) is 2.39. The van der Waals surface area contributed by atoms with Crippen molar-refractivity contribution < 1.29 is 15.0 Å². The highest BCUT2D eigenvalue weighted by Crippen LogP contribution is 2.33. The van der Waals surface area contributed by atoms with Crippen molar-refractivity contribution in [3.05, 3.63) is 77.9 Å². The van der Waals surface area contributed by atoms with E-state index in [2.05, 4.69) is 0 Å². The number of Topliss-reactive ketones (excluding diaryl/α,β-unsaturated/α-hetero) is 1. The third-order valence-corrected chi connectivity index (χ3v) is 3.53. The lowest BCUT2D eigenvalue weighted by Crippen LogP contribution is -2.12. The van der Waals surface area contributed by atoms with Crippen LogP contribution in [-0.4, -0.2) is 16.0 Å². The molecule has 0 spiro atoms.